The molecule has 1 aliphatic rings. The summed E-state index contributed by atoms with van der Waals surface area (Å²) in [6, 6.07) is 10.3. The molecule has 0 unspecified atom stereocenters. The summed E-state index contributed by atoms with van der Waals surface area (Å²) < 4.78 is 14.2. The number of carbonyl (C=O) groups is 1. The van der Waals surface area contributed by atoms with Gasteiger partial charge in [0.15, 0.2) is 0 Å². The molecule has 6 heteroatoms. The molecule has 0 saturated carbocycles. The molecule has 1 fully saturated rings. The van der Waals surface area contributed by atoms with Crippen LogP contribution in [0.2, 0.25) is 0 Å². The Labute approximate surface area is 165 Å². The number of nitrogens with zero attached hydrogens (tertiary/aromatic N) is 2. The summed E-state index contributed by atoms with van der Waals surface area (Å²) in [5.74, 6) is -0.0841. The lowest BCUT2D eigenvalue weighted by Gasteiger charge is -2.20. The smallest absolute Gasteiger partial charge is 0.253 e. The summed E-state index contributed by atoms with van der Waals surface area (Å²) in [7, 11) is 0. The van der Waals surface area contributed by atoms with Gasteiger partial charge in [0.25, 0.3) is 5.91 Å². The van der Waals surface area contributed by atoms with Gasteiger partial charge in [0, 0.05) is 36.8 Å². The molecule has 2 heterocycles. The van der Waals surface area contributed by atoms with Crippen LogP contribution >= 0.6 is 0 Å². The van der Waals surface area contributed by atoms with E-state index in [0.717, 1.165) is 31.5 Å². The second-order valence-corrected chi connectivity index (χ2v) is 7.62. The molecule has 150 valence electrons. The van der Waals surface area contributed by atoms with Crippen molar-refractivity contribution in [2.75, 3.05) is 19.7 Å². The zero-order chi connectivity index (χ0) is 20.1. The van der Waals surface area contributed by atoms with Gasteiger partial charge in [-0.25, -0.2) is 9.37 Å². The first-order chi connectivity index (χ1) is 13.5. The number of benzene rings is 1. The molecule has 5 nitrogen and oxygen atoms in total. The minimum absolute atomic E-state index is 0.00845. The molecule has 1 aliphatic heterocycles. The van der Waals surface area contributed by atoms with Crippen molar-refractivity contribution in [2.45, 2.75) is 39.3 Å². The van der Waals surface area contributed by atoms with E-state index in [1.54, 1.807) is 18.2 Å². The van der Waals surface area contributed by atoms with Crippen molar-refractivity contribution < 1.29 is 14.3 Å². The van der Waals surface area contributed by atoms with Gasteiger partial charge in [0.05, 0.1) is 18.0 Å². The van der Waals surface area contributed by atoms with Crippen LogP contribution in [-0.4, -0.2) is 46.6 Å². The van der Waals surface area contributed by atoms with Gasteiger partial charge in [-0.15, -0.1) is 0 Å². The number of hydrogen-bond donors (Lipinski definition) is 2. The topological polar surface area (TPSA) is 65.5 Å². The van der Waals surface area contributed by atoms with Crippen LogP contribution in [0.3, 0.4) is 0 Å². The highest BCUT2D eigenvalue weighted by Gasteiger charge is 2.19. The van der Waals surface area contributed by atoms with Crippen molar-refractivity contribution in [1.82, 2.24) is 15.2 Å². The third-order valence-electron chi connectivity index (χ3n) is 5.27. The molecule has 0 aliphatic carbocycles. The van der Waals surface area contributed by atoms with E-state index in [0.29, 0.717) is 17.0 Å². The second-order valence-electron chi connectivity index (χ2n) is 7.62. The number of nitrogens with one attached hydrogen (secondary N) is 1. The first-order valence-corrected chi connectivity index (χ1v) is 9.89. The number of rotatable bonds is 7. The Bertz CT molecular complexity index is 802. The van der Waals surface area contributed by atoms with Crippen LogP contribution in [0.15, 0.2) is 36.4 Å². The van der Waals surface area contributed by atoms with Crippen molar-refractivity contribution in [3.05, 3.63) is 53.5 Å². The van der Waals surface area contributed by atoms with E-state index in [1.807, 2.05) is 30.9 Å². The number of amides is 1. The lowest BCUT2D eigenvalue weighted by molar-refractivity contribution is 0.0793. The van der Waals surface area contributed by atoms with E-state index < -0.39 is 0 Å². The van der Waals surface area contributed by atoms with Crippen molar-refractivity contribution in [3.8, 4) is 11.3 Å². The standard InChI is InChI=1S/C22H28FN3O2/c1-15(2)21(14-27)24-13-20-18(23)9-10-19(25-20)16-5-7-17(8-6-16)22(28)26-11-3-4-12-26/h5-10,15,21,24,27H,3-4,11-14H2,1-2H3/t21-/m0/s1. The average Bonchev–Trinajstić information content (AvgIpc) is 3.24. The van der Waals surface area contributed by atoms with Gasteiger partial charge < -0.3 is 15.3 Å². The molecular formula is C22H28FN3O2. The third-order valence-corrected chi connectivity index (χ3v) is 5.27. The third kappa shape index (κ3) is 4.75. The quantitative estimate of drug-likeness (QED) is 0.768. The molecule has 1 aromatic heterocycles. The molecule has 28 heavy (non-hydrogen) atoms. The maximum Gasteiger partial charge on any atom is 0.253 e. The number of aliphatic hydroxyl groups is 1. The van der Waals surface area contributed by atoms with Gasteiger partial charge in [0.1, 0.15) is 5.82 Å². The fourth-order valence-corrected chi connectivity index (χ4v) is 3.39. The molecule has 1 saturated heterocycles. The zero-order valence-electron chi connectivity index (χ0n) is 16.5. The van der Waals surface area contributed by atoms with E-state index in [4.69, 9.17) is 0 Å². The number of hydrogen-bond acceptors (Lipinski definition) is 4. The summed E-state index contributed by atoms with van der Waals surface area (Å²) in [5.41, 5.74) is 2.47. The molecule has 1 amide bonds. The van der Waals surface area contributed by atoms with Crippen LogP contribution in [0.1, 0.15) is 42.7 Å². The fraction of sp³-hybridized carbons (Fsp3) is 0.455. The number of aliphatic hydroxyl groups excluding tert-OH is 1. The van der Waals surface area contributed by atoms with E-state index in [1.165, 1.54) is 6.07 Å². The van der Waals surface area contributed by atoms with Gasteiger partial charge in [0.2, 0.25) is 0 Å². The van der Waals surface area contributed by atoms with Gasteiger partial charge in [-0.3, -0.25) is 4.79 Å². The number of carbonyl (C=O) groups excluding carboxylic acids is 1. The first-order valence-electron chi connectivity index (χ1n) is 9.89. The minimum Gasteiger partial charge on any atom is -0.395 e. The lowest BCUT2D eigenvalue weighted by atomic mass is 10.1. The SMILES string of the molecule is CC(C)[C@H](CO)NCc1nc(-c2ccc(C(=O)N3CCCC3)cc2)ccc1F. The Kier molecular flexibility index (Phi) is 6.75. The Hall–Kier alpha value is -2.31. The molecule has 0 radical (unpaired) electrons. The fourth-order valence-electron chi connectivity index (χ4n) is 3.39. The molecule has 3 rings (SSSR count). The maximum atomic E-state index is 14.2. The highest BCUT2D eigenvalue weighted by atomic mass is 19.1. The van der Waals surface area contributed by atoms with Crippen LogP contribution in [0, 0.1) is 11.7 Å². The lowest BCUT2D eigenvalue weighted by Crippen LogP contribution is -2.36. The second kappa shape index (κ2) is 9.26. The van der Waals surface area contributed by atoms with E-state index in [2.05, 4.69) is 10.3 Å². The predicted octanol–water partition coefficient (Wildman–Crippen LogP) is 3.23. The Balaban J connectivity index is 1.73. The van der Waals surface area contributed by atoms with Crippen molar-refractivity contribution in [3.63, 3.8) is 0 Å². The van der Waals surface area contributed by atoms with Gasteiger partial charge in [-0.2, -0.15) is 0 Å². The highest BCUT2D eigenvalue weighted by Crippen LogP contribution is 2.21. The van der Waals surface area contributed by atoms with Gasteiger partial charge in [-0.05, 0) is 43.0 Å². The van der Waals surface area contributed by atoms with E-state index in [-0.39, 0.29) is 36.8 Å². The molecule has 2 aromatic rings. The molecule has 0 bridgehead atoms. The average molecular weight is 385 g/mol. The van der Waals surface area contributed by atoms with Crippen LogP contribution in [-0.2, 0) is 6.54 Å². The summed E-state index contributed by atoms with van der Waals surface area (Å²) >= 11 is 0. The summed E-state index contributed by atoms with van der Waals surface area (Å²) in [4.78, 5) is 18.8. The Morgan fingerprint density at radius 2 is 1.86 bits per heavy atom. The van der Waals surface area contributed by atoms with Crippen molar-refractivity contribution >= 4 is 5.91 Å². The predicted molar refractivity (Wildman–Crippen MR) is 107 cm³/mol. The maximum absolute atomic E-state index is 14.2. The number of pyridine rings is 1. The van der Waals surface area contributed by atoms with Crippen molar-refractivity contribution in [1.29, 1.82) is 0 Å². The molecule has 0 spiro atoms. The van der Waals surface area contributed by atoms with Crippen molar-refractivity contribution in [2.24, 2.45) is 5.92 Å². The summed E-state index contributed by atoms with van der Waals surface area (Å²) in [5, 5.41) is 12.6. The van der Waals surface area contributed by atoms with Gasteiger partial charge >= 0.3 is 0 Å². The highest BCUT2D eigenvalue weighted by molar-refractivity contribution is 5.94. The zero-order valence-corrected chi connectivity index (χ0v) is 16.5. The van der Waals surface area contributed by atoms with Gasteiger partial charge in [-0.1, -0.05) is 26.0 Å². The van der Waals surface area contributed by atoms with Crippen LogP contribution in [0.25, 0.3) is 11.3 Å². The van der Waals surface area contributed by atoms with Crippen LogP contribution < -0.4 is 5.32 Å². The summed E-state index contributed by atoms with van der Waals surface area (Å²) in [6.45, 7) is 5.88. The molecule has 2 N–H and O–H groups in total. The normalized spacial score (nSPS) is 15.2. The monoisotopic (exact) mass is 385 g/mol. The molecule has 1 aromatic carbocycles. The van der Waals surface area contributed by atoms with Crippen LogP contribution in [0.4, 0.5) is 4.39 Å². The number of aromatic nitrogens is 1. The Morgan fingerprint density at radius 3 is 2.46 bits per heavy atom. The van der Waals surface area contributed by atoms with E-state index in [9.17, 15) is 14.3 Å². The Morgan fingerprint density at radius 1 is 1.18 bits per heavy atom. The minimum atomic E-state index is -0.377. The largest absolute Gasteiger partial charge is 0.395 e. The molecular weight excluding hydrogens is 357 g/mol. The first kappa shape index (κ1) is 20.4. The number of likely N-dealkylation sites (tertiary alicyclic amines) is 1. The number of halogens is 1. The van der Waals surface area contributed by atoms with E-state index >= 15 is 0 Å². The molecule has 1 atom stereocenters. The van der Waals surface area contributed by atoms with Crippen LogP contribution in [0.5, 0.6) is 0 Å². The summed E-state index contributed by atoms with van der Waals surface area (Å²) in [6.07, 6.45) is 2.13.